The van der Waals surface area contributed by atoms with Gasteiger partial charge in [0, 0.05) is 12.1 Å². The number of non-ortho nitro benzene ring substituents is 1. The molecule has 0 spiro atoms. The highest BCUT2D eigenvalue weighted by Gasteiger charge is 2.27. The molecule has 5 rings (SSSR count). The second-order valence-corrected chi connectivity index (χ2v) is 6.93. The lowest BCUT2D eigenvalue weighted by Gasteiger charge is -2.20. The summed E-state index contributed by atoms with van der Waals surface area (Å²) < 4.78 is 11.7. The number of isocyanates is 1. The first-order valence-electron chi connectivity index (χ1n) is 8.31. The highest BCUT2D eigenvalue weighted by atomic mass is 35.5. The summed E-state index contributed by atoms with van der Waals surface area (Å²) in [5.74, 6) is 0.775. The molecule has 0 bridgehead atoms. The maximum Gasteiger partial charge on any atom is 0.273 e. The molecule has 146 valence electrons. The van der Waals surface area contributed by atoms with Crippen molar-refractivity contribution in [2.24, 2.45) is 15.0 Å². The van der Waals surface area contributed by atoms with Crippen LogP contribution in [-0.2, 0) is 4.79 Å². The lowest BCUT2D eigenvalue weighted by Crippen LogP contribution is -2.22. The van der Waals surface area contributed by atoms with E-state index < -0.39 is 4.92 Å². The maximum atomic E-state index is 11.0. The molecule has 0 atom stereocenters. The van der Waals surface area contributed by atoms with Crippen molar-refractivity contribution in [1.29, 1.82) is 0 Å². The van der Waals surface area contributed by atoms with Crippen LogP contribution < -0.4 is 20.2 Å². The van der Waals surface area contributed by atoms with Crippen LogP contribution in [-0.4, -0.2) is 11.0 Å². The van der Waals surface area contributed by atoms with Crippen LogP contribution in [0.15, 0.2) is 51.4 Å². The summed E-state index contributed by atoms with van der Waals surface area (Å²) in [6.07, 6.45) is 1.46. The normalized spacial score (nSPS) is 12.3. The van der Waals surface area contributed by atoms with Gasteiger partial charge in [-0.05, 0) is 18.2 Å². The molecule has 0 unspecified atom stereocenters. The van der Waals surface area contributed by atoms with E-state index in [1.807, 2.05) is 0 Å². The molecule has 0 radical (unpaired) electrons. The first-order valence-corrected chi connectivity index (χ1v) is 9.06. The average molecular weight is 441 g/mol. The van der Waals surface area contributed by atoms with Crippen LogP contribution in [0.5, 0.6) is 23.0 Å². The molecule has 2 aliphatic rings. The summed E-state index contributed by atoms with van der Waals surface area (Å²) in [5.41, 5.74) is 0.977. The van der Waals surface area contributed by atoms with Gasteiger partial charge in [0.15, 0.2) is 23.0 Å². The second kappa shape index (κ2) is 6.64. The number of benzene rings is 3. The molecule has 3 aromatic carbocycles. The number of nitro benzene ring substituents is 1. The molecule has 11 heteroatoms. The maximum absolute atomic E-state index is 11.0. The van der Waals surface area contributed by atoms with Crippen LogP contribution >= 0.6 is 23.2 Å². The van der Waals surface area contributed by atoms with Gasteiger partial charge >= 0.3 is 0 Å². The van der Waals surface area contributed by atoms with Crippen LogP contribution in [0.2, 0.25) is 10.0 Å². The Bertz CT molecular complexity index is 1370. The molecule has 0 aromatic heterocycles. The van der Waals surface area contributed by atoms with Crippen molar-refractivity contribution in [3.05, 3.63) is 67.3 Å². The van der Waals surface area contributed by atoms with E-state index in [9.17, 15) is 14.9 Å². The van der Waals surface area contributed by atoms with E-state index in [0.29, 0.717) is 22.8 Å². The van der Waals surface area contributed by atoms with Gasteiger partial charge in [-0.15, -0.1) is 0 Å². The molecule has 0 aliphatic carbocycles. The van der Waals surface area contributed by atoms with Crippen molar-refractivity contribution in [2.75, 3.05) is 0 Å². The predicted octanol–water partition coefficient (Wildman–Crippen LogP) is 4.98. The van der Waals surface area contributed by atoms with Crippen molar-refractivity contribution in [2.45, 2.75) is 0 Å². The number of ether oxygens (including phenoxy) is 2. The van der Waals surface area contributed by atoms with Gasteiger partial charge in [0.2, 0.25) is 6.08 Å². The van der Waals surface area contributed by atoms with Crippen molar-refractivity contribution >= 4 is 52.0 Å². The van der Waals surface area contributed by atoms with Crippen molar-refractivity contribution in [1.82, 2.24) is 0 Å². The summed E-state index contributed by atoms with van der Waals surface area (Å²) >= 11 is 13.0. The molecule has 2 aliphatic heterocycles. The van der Waals surface area contributed by atoms with Gasteiger partial charge in [0.05, 0.1) is 16.7 Å². The molecule has 0 amide bonds. The molecule has 0 saturated heterocycles. The molecule has 0 fully saturated rings. The molecule has 3 aromatic rings. The summed E-state index contributed by atoms with van der Waals surface area (Å²) in [4.78, 5) is 33.4. The minimum Gasteiger partial charge on any atom is -0.451 e. The second-order valence-electron chi connectivity index (χ2n) is 6.18. The largest absolute Gasteiger partial charge is 0.451 e. The Hall–Kier alpha value is -3.78. The zero-order valence-electron chi connectivity index (χ0n) is 14.6. The van der Waals surface area contributed by atoms with E-state index in [-0.39, 0.29) is 43.7 Å². The zero-order chi connectivity index (χ0) is 21.0. The zero-order valence-corrected chi connectivity index (χ0v) is 16.1. The predicted molar refractivity (Wildman–Crippen MR) is 106 cm³/mol. The van der Waals surface area contributed by atoms with Gasteiger partial charge in [-0.25, -0.2) is 14.8 Å². The minimum absolute atomic E-state index is 0.0888. The molecule has 0 N–H and O–H groups in total. The minimum atomic E-state index is -0.538. The van der Waals surface area contributed by atoms with Gasteiger partial charge in [-0.1, -0.05) is 23.2 Å². The van der Waals surface area contributed by atoms with E-state index in [1.165, 1.54) is 30.3 Å². The molecular formula is C19H6Cl2N4O5. The van der Waals surface area contributed by atoms with Crippen LogP contribution in [0, 0.1) is 10.1 Å². The Kier molecular flexibility index (Phi) is 4.04. The molecular weight excluding hydrogens is 435 g/mol. The van der Waals surface area contributed by atoms with Gasteiger partial charge < -0.3 is 9.47 Å². The number of hydrogen-bond donors (Lipinski definition) is 0. The standard InChI is InChI=1S/C19H6Cl2N4O5/c20-14-17-19(30-13-6-9(25(27)28)2-4-11(13)24-17)15(21)16-18(14)29-12-5-8(22-7-26)1-3-10(12)23-16/h1-6H. The van der Waals surface area contributed by atoms with Gasteiger partial charge in [-0.3, -0.25) is 10.1 Å². The van der Waals surface area contributed by atoms with E-state index in [4.69, 9.17) is 32.7 Å². The number of hydrogen-bond acceptors (Lipinski definition) is 8. The SMILES string of the molecule is O=C=Nc1ccc2c(c1)Oc1c(Cl)c3c(c(Cl)c1=N2)Oc1cc([N+](=O)[O-])ccc1N=3. The Morgan fingerprint density at radius 1 is 0.933 bits per heavy atom. The summed E-state index contributed by atoms with van der Waals surface area (Å²) in [6.45, 7) is 0. The van der Waals surface area contributed by atoms with Gasteiger partial charge in [0.1, 0.15) is 32.1 Å². The van der Waals surface area contributed by atoms with E-state index in [1.54, 1.807) is 12.1 Å². The van der Waals surface area contributed by atoms with Crippen molar-refractivity contribution < 1.29 is 19.2 Å². The fourth-order valence-corrected chi connectivity index (χ4v) is 3.57. The Labute approximate surface area is 176 Å². The summed E-state index contributed by atoms with van der Waals surface area (Å²) in [7, 11) is 0. The molecule has 0 saturated carbocycles. The highest BCUT2D eigenvalue weighted by Crippen LogP contribution is 2.44. The lowest BCUT2D eigenvalue weighted by atomic mass is 10.2. The molecule has 30 heavy (non-hydrogen) atoms. The van der Waals surface area contributed by atoms with E-state index >= 15 is 0 Å². The number of rotatable bonds is 2. The van der Waals surface area contributed by atoms with Crippen molar-refractivity contribution in [3.63, 3.8) is 0 Å². The van der Waals surface area contributed by atoms with Crippen molar-refractivity contribution in [3.8, 4) is 23.0 Å². The first kappa shape index (κ1) is 18.3. The summed E-state index contributed by atoms with van der Waals surface area (Å²) in [5, 5.41) is 11.7. The fourth-order valence-electron chi connectivity index (χ4n) is 3.06. The monoisotopic (exact) mass is 440 g/mol. The molecule has 2 heterocycles. The van der Waals surface area contributed by atoms with Crippen LogP contribution in [0.4, 0.5) is 22.7 Å². The van der Waals surface area contributed by atoms with E-state index in [2.05, 4.69) is 15.0 Å². The third kappa shape index (κ3) is 2.73. The van der Waals surface area contributed by atoms with Crippen LogP contribution in [0.1, 0.15) is 0 Å². The summed E-state index contributed by atoms with van der Waals surface area (Å²) in [6, 6.07) is 8.69. The van der Waals surface area contributed by atoms with E-state index in [0.717, 1.165) is 0 Å². The van der Waals surface area contributed by atoms with Crippen LogP contribution in [0.25, 0.3) is 0 Å². The lowest BCUT2D eigenvalue weighted by molar-refractivity contribution is -0.384. The number of carbonyl (C=O) groups excluding carboxylic acids is 1. The first-order chi connectivity index (χ1) is 14.5. The Balaban J connectivity index is 1.73. The quantitative estimate of drug-likeness (QED) is 0.166. The third-order valence-electron chi connectivity index (χ3n) is 4.41. The third-order valence-corrected chi connectivity index (χ3v) is 5.11. The number of halogens is 2. The number of fused-ring (bicyclic) bond motifs is 4. The Morgan fingerprint density at radius 2 is 1.50 bits per heavy atom. The Morgan fingerprint density at radius 3 is 2.07 bits per heavy atom. The topological polar surface area (TPSA) is 116 Å². The number of nitro groups is 1. The smallest absolute Gasteiger partial charge is 0.273 e. The van der Waals surface area contributed by atoms with Gasteiger partial charge in [-0.2, -0.15) is 4.99 Å². The number of nitrogens with zero attached hydrogens (tertiary/aromatic N) is 4. The average Bonchev–Trinajstić information content (AvgIpc) is 2.75. The fraction of sp³-hybridized carbons (Fsp3) is 0. The molecule has 9 nitrogen and oxygen atoms in total. The van der Waals surface area contributed by atoms with Gasteiger partial charge in [0.25, 0.3) is 5.69 Å². The number of aliphatic imine (C=N–C) groups is 1. The van der Waals surface area contributed by atoms with Crippen LogP contribution in [0.3, 0.4) is 0 Å². The highest BCUT2D eigenvalue weighted by molar-refractivity contribution is 6.35.